The molecule has 21 heteroatoms. The van der Waals surface area contributed by atoms with Crippen molar-refractivity contribution in [3.05, 3.63) is 196 Å². The fraction of sp³-hybridized carbons (Fsp3) is 0.500. The van der Waals surface area contributed by atoms with Crippen molar-refractivity contribution in [1.29, 1.82) is 0 Å². The second-order valence-electron chi connectivity index (χ2n) is 29.8. The molecule has 6 atom stereocenters. The van der Waals surface area contributed by atoms with Crippen LogP contribution < -0.4 is 20.7 Å². The zero-order valence-corrected chi connectivity index (χ0v) is 62.0. The van der Waals surface area contributed by atoms with Crippen LogP contribution in [0.3, 0.4) is 0 Å². The van der Waals surface area contributed by atoms with E-state index < -0.39 is 22.7 Å². The van der Waals surface area contributed by atoms with Crippen molar-refractivity contribution in [3.8, 4) is 11.5 Å². The molecule has 14 aliphatic rings. The molecule has 4 amide bonds. The maximum atomic E-state index is 13.9. The number of ether oxygens (including phenoxy) is 1. The molecule has 13 fully saturated rings. The molecular weight excluding hydrogens is 1400 g/mol. The van der Waals surface area contributed by atoms with Gasteiger partial charge in [0.1, 0.15) is 17.3 Å². The quantitative estimate of drug-likeness (QED) is 0.0570. The van der Waals surface area contributed by atoms with Crippen LogP contribution in [0.25, 0.3) is 0 Å². The normalized spacial score (nSPS) is 28.4. The highest BCUT2D eigenvalue weighted by Crippen LogP contribution is 2.48. The highest BCUT2D eigenvalue weighted by molar-refractivity contribution is 9.11. The van der Waals surface area contributed by atoms with Gasteiger partial charge in [-0.05, 0) is 233 Å². The molecule has 8 bridgehead atoms. The van der Waals surface area contributed by atoms with Crippen LogP contribution in [-0.2, 0) is 36.0 Å². The van der Waals surface area contributed by atoms with Gasteiger partial charge in [0.05, 0.1) is 19.5 Å². The van der Waals surface area contributed by atoms with Gasteiger partial charge in [0.15, 0.2) is 5.60 Å². The molecule has 7 aromatic rings. The molecule has 4 unspecified atom stereocenters. The maximum absolute atomic E-state index is 13.9. The zero-order valence-electron chi connectivity index (χ0n) is 58.0. The predicted molar refractivity (Wildman–Crippen MR) is 399 cm³/mol. The highest BCUT2D eigenvalue weighted by Gasteiger charge is 2.52. The highest BCUT2D eigenvalue weighted by atomic mass is 79.9. The van der Waals surface area contributed by atoms with Gasteiger partial charge in [-0.25, -0.2) is 4.39 Å². The third-order valence-electron chi connectivity index (χ3n) is 24.0. The summed E-state index contributed by atoms with van der Waals surface area (Å²) < 4.78 is 20.7. The lowest BCUT2D eigenvalue weighted by Crippen LogP contribution is -2.64. The number of nitrogens with zero attached hydrogens (tertiary/aromatic N) is 5. The number of hydrogen-bond acceptors (Lipinski definition) is 15. The van der Waals surface area contributed by atoms with Crippen LogP contribution in [0.15, 0.2) is 148 Å². The number of rotatable bonds is 15. The molecule has 16 heterocycles. The third kappa shape index (κ3) is 14.7. The van der Waals surface area contributed by atoms with E-state index in [-0.39, 0.29) is 53.0 Å². The van der Waals surface area contributed by atoms with Gasteiger partial charge in [-0.2, -0.15) is 0 Å². The van der Waals surface area contributed by atoms with E-state index >= 15 is 0 Å². The summed E-state index contributed by atoms with van der Waals surface area (Å²) in [6.07, 6.45) is 14.0. The van der Waals surface area contributed by atoms with Gasteiger partial charge in [0.2, 0.25) is 17.1 Å². The summed E-state index contributed by atoms with van der Waals surface area (Å²) in [5.74, 6) is 1.98. The van der Waals surface area contributed by atoms with E-state index in [0.29, 0.717) is 50.2 Å². The SMILES string of the molecule is CCN(C(=O)C1c2ccccc2Oc2ccccc21)C1CN2CCC1CC2.Cc1cc(C(O)(C(=O)N[C@H]2CN3CCC2CC3)c2ccc(Br)s2)ccc1F.O=C(NC12CCN(CC1)CC2)C(O)(c1cccs1)C1CCCC1.O=C(N[C@H]1CN2CCC1CC2)C(O)(c1ccccc1)c1cccs1. The summed E-state index contributed by atoms with van der Waals surface area (Å²) in [5, 5.41) is 47.9. The lowest BCUT2D eigenvalue weighted by atomic mass is 9.77. The molecule has 0 radical (unpaired) electrons. The van der Waals surface area contributed by atoms with Gasteiger partial charge in [0, 0.05) is 91.4 Å². The molecule has 0 spiro atoms. The van der Waals surface area contributed by atoms with Crippen molar-refractivity contribution in [2.45, 2.75) is 144 Å². The summed E-state index contributed by atoms with van der Waals surface area (Å²) in [5.41, 5.74) is -1.52. The largest absolute Gasteiger partial charge is 0.457 e. The Hall–Kier alpha value is -6.21. The average molecular weight is 1490 g/mol. The minimum Gasteiger partial charge on any atom is -0.457 e. The van der Waals surface area contributed by atoms with Gasteiger partial charge in [-0.15, -0.1) is 34.0 Å². The number of hydrogen-bond donors (Lipinski definition) is 6. The first-order chi connectivity index (χ1) is 48.9. The van der Waals surface area contributed by atoms with Crippen LogP contribution in [0.5, 0.6) is 11.5 Å². The molecule has 101 heavy (non-hydrogen) atoms. The second kappa shape index (κ2) is 30.9. The minimum atomic E-state index is -1.85. The Bertz CT molecular complexity index is 3940. The van der Waals surface area contributed by atoms with Crippen molar-refractivity contribution < 1.29 is 43.6 Å². The number of carbonyl (C=O) groups excluding carboxylic acids is 4. The molecular formula is C80H96BrFN8O8S3. The second-order valence-corrected chi connectivity index (χ2v) is 34.1. The average Bonchev–Trinajstić information content (AvgIpc) is 1.58. The van der Waals surface area contributed by atoms with Gasteiger partial charge in [-0.1, -0.05) is 97.8 Å². The van der Waals surface area contributed by atoms with Gasteiger partial charge in [-0.3, -0.25) is 19.2 Å². The Labute approximate surface area is 613 Å². The Morgan fingerprint density at radius 2 is 1.09 bits per heavy atom. The number of carbonyl (C=O) groups is 4. The molecule has 12 saturated heterocycles. The van der Waals surface area contributed by atoms with Crippen LogP contribution in [0, 0.1) is 36.4 Å². The zero-order chi connectivity index (χ0) is 70.0. The van der Waals surface area contributed by atoms with E-state index in [2.05, 4.69) is 63.3 Å². The number of nitrogens with one attached hydrogen (secondary N) is 3. The Morgan fingerprint density at radius 1 is 0.574 bits per heavy atom. The van der Waals surface area contributed by atoms with Crippen molar-refractivity contribution in [3.63, 3.8) is 0 Å². The van der Waals surface area contributed by atoms with Gasteiger partial charge >= 0.3 is 0 Å². The number of piperidine rings is 12. The Balaban J connectivity index is 0.000000115. The summed E-state index contributed by atoms with van der Waals surface area (Å²) in [7, 11) is 0. The van der Waals surface area contributed by atoms with Crippen LogP contribution in [0.4, 0.5) is 4.39 Å². The minimum absolute atomic E-state index is 0.0384. The molecule has 6 N–H and O–H groups in total. The lowest BCUT2D eigenvalue weighted by Gasteiger charge is -2.50. The fourth-order valence-corrected chi connectivity index (χ4v) is 21.2. The number of benzene rings is 4. The van der Waals surface area contributed by atoms with Crippen molar-refractivity contribution in [1.82, 2.24) is 40.4 Å². The number of halogens is 2. The number of aliphatic hydroxyl groups is 3. The van der Waals surface area contributed by atoms with E-state index in [1.165, 1.54) is 72.1 Å². The Kier molecular flexibility index (Phi) is 21.9. The van der Waals surface area contributed by atoms with Crippen molar-refractivity contribution in [2.75, 3.05) is 85.1 Å². The van der Waals surface area contributed by atoms with E-state index in [1.54, 1.807) is 19.1 Å². The number of fused-ring (bicyclic) bond motifs is 14. The van der Waals surface area contributed by atoms with E-state index in [9.17, 15) is 38.9 Å². The number of aryl methyl sites for hydroxylation is 1. The lowest BCUT2D eigenvalue weighted by molar-refractivity contribution is -0.151. The molecule has 4 aromatic carbocycles. The first kappa shape index (κ1) is 71.8. The molecule has 3 aromatic heterocycles. The molecule has 21 rings (SSSR count). The van der Waals surface area contributed by atoms with Crippen LogP contribution in [0.1, 0.15) is 139 Å². The first-order valence-electron chi connectivity index (χ1n) is 36.8. The summed E-state index contributed by atoms with van der Waals surface area (Å²) in [6, 6.07) is 41.2. The third-order valence-corrected chi connectivity index (χ3v) is 27.7. The van der Waals surface area contributed by atoms with Gasteiger partial charge < -0.3 is 60.5 Å². The standard InChI is InChI=1S/C23H26N2O2.C20H22BrFN2O2S.C19H22N2O2S.C18H26N2O2S/c1-2-25(19-15-24-13-11-16(19)12-14-24)23(26)22-17-7-3-5-9-20(17)27-21-10-6-4-8-18(21)22;1-12-10-14(2-3-15(12)22)20(26,17-4-5-18(21)27-17)19(25)23-16-11-24-8-6-13(16)7-9-24;22-18(20-16-13-21-10-8-14(16)9-11-21)19(23,17-7-4-12-24-17)15-5-2-1-3-6-15;21-16(19-17-7-10-20(11-8-17)12-9-17)18(22,14-4-1-2-5-14)15-6-3-13-23-15/h3-10,16,19,22H,2,11-15H2,1H3;2-5,10,13,16,26H,6-9,11H2,1H3,(H,23,25);1-7,12,14,16,23H,8-11,13H2,(H,20,22);3,6,13-14,22H,1-2,4-5,7-12H2,(H,19,21)/t;16-,20?;16-,19?;/m.00./s1. The number of para-hydroxylation sites is 2. The monoisotopic (exact) mass is 1490 g/mol. The van der Waals surface area contributed by atoms with Crippen molar-refractivity contribution in [2.24, 2.45) is 23.7 Å². The van der Waals surface area contributed by atoms with Crippen molar-refractivity contribution >= 4 is 73.6 Å². The van der Waals surface area contributed by atoms with Gasteiger partial charge in [0.25, 0.3) is 17.7 Å². The fourth-order valence-electron chi connectivity index (χ4n) is 18.0. The molecule has 13 aliphatic heterocycles. The predicted octanol–water partition coefficient (Wildman–Crippen LogP) is 11.9. The molecule has 1 saturated carbocycles. The van der Waals surface area contributed by atoms with E-state index in [0.717, 1.165) is 174 Å². The summed E-state index contributed by atoms with van der Waals surface area (Å²) >= 11 is 7.63. The van der Waals surface area contributed by atoms with Crippen LogP contribution in [0.2, 0.25) is 0 Å². The molecule has 16 nitrogen and oxygen atoms in total. The smallest absolute Gasteiger partial charge is 0.262 e. The topological polar surface area (TPSA) is 190 Å². The van der Waals surface area contributed by atoms with Crippen LogP contribution in [-0.4, -0.2) is 172 Å². The van der Waals surface area contributed by atoms with E-state index in [1.807, 2.05) is 120 Å². The molecule has 1 aliphatic carbocycles. The summed E-state index contributed by atoms with van der Waals surface area (Å²) in [6.45, 7) is 17.3. The summed E-state index contributed by atoms with van der Waals surface area (Å²) in [4.78, 5) is 67.5. The van der Waals surface area contributed by atoms with E-state index in [4.69, 9.17) is 4.74 Å². The Morgan fingerprint density at radius 3 is 1.56 bits per heavy atom. The number of likely N-dealkylation sites (N-methyl/N-ethyl adjacent to an activating group) is 1. The molecule has 536 valence electrons. The van der Waals surface area contributed by atoms with Crippen LogP contribution >= 0.6 is 49.9 Å². The number of thiophene rings is 3. The first-order valence-corrected chi connectivity index (χ1v) is 40.1. The maximum Gasteiger partial charge on any atom is 0.262 e. The number of amides is 4.